The highest BCUT2D eigenvalue weighted by molar-refractivity contribution is 6.36. The first-order valence-electron chi connectivity index (χ1n) is 9.21. The predicted octanol–water partition coefficient (Wildman–Crippen LogP) is 5.67. The van der Waals surface area contributed by atoms with Crippen molar-refractivity contribution in [1.82, 2.24) is 15.0 Å². The zero-order valence-electron chi connectivity index (χ0n) is 15.7. The second-order valence-electron chi connectivity index (χ2n) is 6.65. The molecule has 29 heavy (non-hydrogen) atoms. The number of rotatable bonds is 5. The van der Waals surface area contributed by atoms with E-state index in [2.05, 4.69) is 27.2 Å². The molecule has 2 aromatic heterocycles. The van der Waals surface area contributed by atoms with Crippen LogP contribution in [0.1, 0.15) is 34.2 Å². The molecule has 2 heterocycles. The van der Waals surface area contributed by atoms with Crippen LogP contribution in [0.4, 0.5) is 5.82 Å². The molecule has 5 nitrogen and oxygen atoms in total. The van der Waals surface area contributed by atoms with Crippen molar-refractivity contribution in [2.75, 3.05) is 5.32 Å². The van der Waals surface area contributed by atoms with Crippen LogP contribution in [0.2, 0.25) is 10.0 Å². The first-order chi connectivity index (χ1) is 14.0. The third-order valence-electron chi connectivity index (χ3n) is 4.67. The summed E-state index contributed by atoms with van der Waals surface area (Å²) in [5, 5.41) is 4.03. The number of aromatic amines is 1. The van der Waals surface area contributed by atoms with Crippen LogP contribution in [-0.2, 0) is 12.8 Å². The fourth-order valence-corrected chi connectivity index (χ4v) is 3.64. The molecule has 0 aliphatic carbocycles. The molecule has 2 N–H and O–H groups in total. The lowest BCUT2D eigenvalue weighted by atomic mass is 10.1. The van der Waals surface area contributed by atoms with Crippen molar-refractivity contribution >= 4 is 46.0 Å². The zero-order valence-corrected chi connectivity index (χ0v) is 17.2. The number of hydrogen-bond acceptors (Lipinski definition) is 3. The number of imidazole rings is 1. The van der Waals surface area contributed by atoms with Crippen molar-refractivity contribution in [3.05, 3.63) is 87.3 Å². The van der Waals surface area contributed by atoms with Crippen LogP contribution in [0.25, 0.3) is 11.0 Å². The monoisotopic (exact) mass is 424 g/mol. The Kier molecular flexibility index (Phi) is 5.51. The van der Waals surface area contributed by atoms with Gasteiger partial charge in [0.05, 0.1) is 11.0 Å². The van der Waals surface area contributed by atoms with Gasteiger partial charge in [-0.05, 0) is 60.0 Å². The van der Waals surface area contributed by atoms with Gasteiger partial charge in [0.2, 0.25) is 0 Å². The van der Waals surface area contributed by atoms with E-state index in [1.165, 1.54) is 0 Å². The van der Waals surface area contributed by atoms with Crippen LogP contribution in [-0.4, -0.2) is 20.9 Å². The molecule has 2 aromatic carbocycles. The van der Waals surface area contributed by atoms with Crippen molar-refractivity contribution in [2.24, 2.45) is 0 Å². The molecular weight excluding hydrogens is 407 g/mol. The maximum absolute atomic E-state index is 12.6. The molecule has 146 valence electrons. The van der Waals surface area contributed by atoms with E-state index in [-0.39, 0.29) is 5.91 Å². The number of nitrogens with one attached hydrogen (secondary N) is 2. The van der Waals surface area contributed by atoms with Crippen molar-refractivity contribution in [2.45, 2.75) is 19.8 Å². The Bertz CT molecular complexity index is 1180. The largest absolute Gasteiger partial charge is 0.342 e. The Morgan fingerprint density at radius 3 is 2.66 bits per heavy atom. The number of hydrogen-bond donors (Lipinski definition) is 2. The topological polar surface area (TPSA) is 70.7 Å². The quantitative estimate of drug-likeness (QED) is 0.433. The Morgan fingerprint density at radius 1 is 1.10 bits per heavy atom. The standard InChI is InChI=1S/C22H18Cl2N4O/c1-2-13-8-9-25-20(10-13)28-22(29)14-6-7-18-19(11-14)27-21(26-18)12-15-16(23)4-3-5-17(15)24/h3-11H,2,12H2,1H3,(H,26,27)(H,25,28,29). The van der Waals surface area contributed by atoms with Crippen LogP contribution >= 0.6 is 23.2 Å². The fourth-order valence-electron chi connectivity index (χ4n) is 3.11. The third-order valence-corrected chi connectivity index (χ3v) is 5.38. The van der Waals surface area contributed by atoms with Crippen molar-refractivity contribution in [1.29, 1.82) is 0 Å². The third kappa shape index (κ3) is 4.26. The highest BCUT2D eigenvalue weighted by atomic mass is 35.5. The number of carbonyl (C=O) groups is 1. The Balaban J connectivity index is 1.57. The lowest BCUT2D eigenvalue weighted by Gasteiger charge is -2.05. The summed E-state index contributed by atoms with van der Waals surface area (Å²) in [5.41, 5.74) is 3.99. The van der Waals surface area contributed by atoms with Crippen LogP contribution in [0.5, 0.6) is 0 Å². The first-order valence-corrected chi connectivity index (χ1v) is 9.97. The van der Waals surface area contributed by atoms with E-state index in [1.54, 1.807) is 30.5 Å². The average Bonchev–Trinajstić information content (AvgIpc) is 3.12. The van der Waals surface area contributed by atoms with Crippen molar-refractivity contribution in [3.8, 4) is 0 Å². The number of amides is 1. The summed E-state index contributed by atoms with van der Waals surface area (Å²) < 4.78 is 0. The predicted molar refractivity (Wildman–Crippen MR) is 117 cm³/mol. The number of aromatic nitrogens is 3. The molecule has 4 aromatic rings. The molecule has 0 aliphatic heterocycles. The highest BCUT2D eigenvalue weighted by Gasteiger charge is 2.13. The van der Waals surface area contributed by atoms with Gasteiger partial charge < -0.3 is 10.3 Å². The highest BCUT2D eigenvalue weighted by Crippen LogP contribution is 2.27. The summed E-state index contributed by atoms with van der Waals surface area (Å²) in [6.45, 7) is 2.06. The summed E-state index contributed by atoms with van der Waals surface area (Å²) in [6.07, 6.45) is 3.05. The van der Waals surface area contributed by atoms with Crippen LogP contribution in [0.15, 0.2) is 54.7 Å². The smallest absolute Gasteiger partial charge is 0.256 e. The lowest BCUT2D eigenvalue weighted by Crippen LogP contribution is -2.13. The van der Waals surface area contributed by atoms with Gasteiger partial charge in [0, 0.05) is 28.2 Å². The molecule has 0 fully saturated rings. The number of H-pyrrole nitrogens is 1. The molecule has 0 saturated heterocycles. The molecule has 4 rings (SSSR count). The minimum atomic E-state index is -0.224. The van der Waals surface area contributed by atoms with Gasteiger partial charge in [-0.15, -0.1) is 0 Å². The number of aryl methyl sites for hydroxylation is 1. The molecule has 0 bridgehead atoms. The Hall–Kier alpha value is -2.89. The SMILES string of the molecule is CCc1ccnc(NC(=O)c2ccc3nc(Cc4c(Cl)cccc4Cl)[nH]c3c2)c1. The average molecular weight is 425 g/mol. The fraction of sp³-hybridized carbons (Fsp3) is 0.136. The number of fused-ring (bicyclic) bond motifs is 1. The van der Waals surface area contributed by atoms with E-state index in [1.807, 2.05) is 24.3 Å². The van der Waals surface area contributed by atoms with Gasteiger partial charge in [-0.2, -0.15) is 0 Å². The van der Waals surface area contributed by atoms with E-state index < -0.39 is 0 Å². The van der Waals surface area contributed by atoms with Gasteiger partial charge in [-0.3, -0.25) is 4.79 Å². The summed E-state index contributed by atoms with van der Waals surface area (Å²) >= 11 is 12.5. The number of pyridine rings is 1. The minimum Gasteiger partial charge on any atom is -0.342 e. The van der Waals surface area contributed by atoms with Crippen molar-refractivity contribution < 1.29 is 4.79 Å². The molecule has 7 heteroatoms. The van der Waals surface area contributed by atoms with Gasteiger partial charge in [-0.1, -0.05) is 36.2 Å². The Morgan fingerprint density at radius 2 is 1.90 bits per heavy atom. The van der Waals surface area contributed by atoms with E-state index in [9.17, 15) is 4.79 Å². The first kappa shape index (κ1) is 19.4. The van der Waals surface area contributed by atoms with E-state index in [4.69, 9.17) is 23.2 Å². The van der Waals surface area contributed by atoms with Crippen molar-refractivity contribution in [3.63, 3.8) is 0 Å². The van der Waals surface area contributed by atoms with E-state index in [0.29, 0.717) is 27.8 Å². The maximum atomic E-state index is 12.6. The van der Waals surface area contributed by atoms with Gasteiger partial charge >= 0.3 is 0 Å². The summed E-state index contributed by atoms with van der Waals surface area (Å²) in [5.74, 6) is 1.04. The van der Waals surface area contributed by atoms with E-state index >= 15 is 0 Å². The number of benzene rings is 2. The molecule has 0 spiro atoms. The van der Waals surface area contributed by atoms with Crippen LogP contribution in [0, 0.1) is 0 Å². The molecule has 1 amide bonds. The summed E-state index contributed by atoms with van der Waals surface area (Å²) in [7, 11) is 0. The van der Waals surface area contributed by atoms with Crippen LogP contribution < -0.4 is 5.32 Å². The molecule has 0 aliphatic rings. The lowest BCUT2D eigenvalue weighted by molar-refractivity contribution is 0.102. The summed E-state index contributed by atoms with van der Waals surface area (Å²) in [4.78, 5) is 24.7. The zero-order chi connectivity index (χ0) is 20.4. The number of anilines is 1. The molecule has 0 unspecified atom stereocenters. The molecule has 0 saturated carbocycles. The van der Waals surface area contributed by atoms with Gasteiger partial charge in [0.1, 0.15) is 11.6 Å². The van der Waals surface area contributed by atoms with Gasteiger partial charge in [0.15, 0.2) is 0 Å². The molecule has 0 radical (unpaired) electrons. The number of carbonyl (C=O) groups excluding carboxylic acids is 1. The summed E-state index contributed by atoms with van der Waals surface area (Å²) in [6, 6.07) is 14.5. The molecule has 0 atom stereocenters. The van der Waals surface area contributed by atoms with Gasteiger partial charge in [-0.25, -0.2) is 9.97 Å². The van der Waals surface area contributed by atoms with Crippen LogP contribution in [0.3, 0.4) is 0 Å². The minimum absolute atomic E-state index is 0.224. The number of halogens is 2. The number of nitrogens with zero attached hydrogens (tertiary/aromatic N) is 2. The van der Waals surface area contributed by atoms with Gasteiger partial charge in [0.25, 0.3) is 5.91 Å². The normalized spacial score (nSPS) is 11.0. The second kappa shape index (κ2) is 8.23. The maximum Gasteiger partial charge on any atom is 0.256 e. The Labute approximate surface area is 178 Å². The molecular formula is C22H18Cl2N4O. The van der Waals surface area contributed by atoms with E-state index in [0.717, 1.165) is 34.4 Å². The second-order valence-corrected chi connectivity index (χ2v) is 7.46.